The SMILES string of the molecule is C=C1C[C@H](CN(C)CCC)C[C@@H]2C[C@H](C3CO[C@H]4CC=CN5[C@@H]4[C@H]5O3)[C@H]12. The van der Waals surface area contributed by atoms with E-state index < -0.39 is 0 Å². The summed E-state index contributed by atoms with van der Waals surface area (Å²) in [5.74, 6) is 2.95. The average molecular weight is 359 g/mol. The van der Waals surface area contributed by atoms with Crippen molar-refractivity contribution >= 4 is 0 Å². The highest BCUT2D eigenvalue weighted by atomic mass is 16.6. The Kier molecular flexibility index (Phi) is 4.41. The van der Waals surface area contributed by atoms with E-state index in [2.05, 4.69) is 42.6 Å². The van der Waals surface area contributed by atoms with Gasteiger partial charge in [0.15, 0.2) is 6.23 Å². The van der Waals surface area contributed by atoms with Crippen molar-refractivity contribution in [2.45, 2.75) is 63.5 Å². The summed E-state index contributed by atoms with van der Waals surface area (Å²) >= 11 is 0. The molecule has 0 radical (unpaired) electrons. The maximum absolute atomic E-state index is 6.52. The van der Waals surface area contributed by atoms with E-state index in [0.29, 0.717) is 24.0 Å². The van der Waals surface area contributed by atoms with Gasteiger partial charge in [0.1, 0.15) is 6.04 Å². The van der Waals surface area contributed by atoms with Crippen LogP contribution in [0, 0.1) is 23.7 Å². The van der Waals surface area contributed by atoms with E-state index in [1.165, 1.54) is 44.3 Å². The van der Waals surface area contributed by atoms with Gasteiger partial charge in [-0.2, -0.15) is 0 Å². The minimum absolute atomic E-state index is 0.265. The molecule has 5 rings (SSSR count). The maximum atomic E-state index is 6.52. The normalized spacial score (nSPS) is 46.4. The van der Waals surface area contributed by atoms with Gasteiger partial charge in [-0.15, -0.1) is 0 Å². The zero-order valence-corrected chi connectivity index (χ0v) is 16.3. The monoisotopic (exact) mass is 358 g/mol. The number of fused-ring (bicyclic) bond motifs is 2. The highest BCUT2D eigenvalue weighted by Crippen LogP contribution is 2.56. The molecular formula is C22H34N2O2. The van der Waals surface area contributed by atoms with Crippen molar-refractivity contribution in [1.82, 2.24) is 9.80 Å². The van der Waals surface area contributed by atoms with Crippen LogP contribution in [0.3, 0.4) is 0 Å². The predicted molar refractivity (Wildman–Crippen MR) is 103 cm³/mol. The second kappa shape index (κ2) is 6.65. The molecule has 4 nitrogen and oxygen atoms in total. The number of hydrogen-bond donors (Lipinski definition) is 0. The molecule has 1 unspecified atom stereocenters. The molecule has 8 atom stereocenters. The highest BCUT2D eigenvalue weighted by Gasteiger charge is 2.59. The first-order valence-corrected chi connectivity index (χ1v) is 10.7. The second-order valence-corrected chi connectivity index (χ2v) is 9.41. The molecule has 2 saturated carbocycles. The van der Waals surface area contributed by atoms with Crippen molar-refractivity contribution in [3.63, 3.8) is 0 Å². The molecule has 26 heavy (non-hydrogen) atoms. The van der Waals surface area contributed by atoms with Crippen LogP contribution in [0.2, 0.25) is 0 Å². The van der Waals surface area contributed by atoms with Gasteiger partial charge in [-0.3, -0.25) is 0 Å². The Labute approximate surface area is 158 Å². The molecule has 4 heteroatoms. The molecule has 0 N–H and O–H groups in total. The summed E-state index contributed by atoms with van der Waals surface area (Å²) in [5, 5.41) is 0. The maximum Gasteiger partial charge on any atom is 0.153 e. The lowest BCUT2D eigenvalue weighted by Crippen LogP contribution is -2.51. The summed E-state index contributed by atoms with van der Waals surface area (Å²) in [7, 11) is 2.27. The van der Waals surface area contributed by atoms with Crippen LogP contribution >= 0.6 is 0 Å². The number of ether oxygens (including phenoxy) is 2. The third kappa shape index (κ3) is 2.85. The molecule has 2 saturated heterocycles. The lowest BCUT2D eigenvalue weighted by molar-refractivity contribution is -0.118. The molecule has 4 fully saturated rings. The molecular weight excluding hydrogens is 324 g/mol. The highest BCUT2D eigenvalue weighted by molar-refractivity contribution is 5.19. The van der Waals surface area contributed by atoms with Crippen LogP contribution in [-0.2, 0) is 9.47 Å². The molecule has 0 spiro atoms. The Hall–Kier alpha value is -0.840. The van der Waals surface area contributed by atoms with Crippen LogP contribution in [0.1, 0.15) is 39.0 Å². The molecule has 2 aliphatic carbocycles. The lowest BCUT2D eigenvalue weighted by atomic mass is 9.53. The van der Waals surface area contributed by atoms with Crippen LogP contribution in [0.25, 0.3) is 0 Å². The standard InChI is InChI=1S/C22H34N2O2/c1-4-7-23(3)12-15-9-14(2)20-16(10-15)11-17(20)19-13-25-18-6-5-8-24-21(18)22(24)26-19/h5,8,15-22H,2,4,6-7,9-13H2,1,3H3/t15-,16+,17+,18-,19?,20+,21-,22+,24?/m0/s1. The topological polar surface area (TPSA) is 24.7 Å². The van der Waals surface area contributed by atoms with Gasteiger partial charge in [0.25, 0.3) is 0 Å². The van der Waals surface area contributed by atoms with E-state index in [1.807, 2.05) is 0 Å². The lowest BCUT2D eigenvalue weighted by Gasteiger charge is -2.53. The van der Waals surface area contributed by atoms with Crippen molar-refractivity contribution in [2.75, 3.05) is 26.7 Å². The van der Waals surface area contributed by atoms with Crippen LogP contribution in [0.5, 0.6) is 0 Å². The van der Waals surface area contributed by atoms with Crippen LogP contribution in [0.4, 0.5) is 0 Å². The summed E-state index contributed by atoms with van der Waals surface area (Å²) in [6.45, 7) is 10.0. The molecule has 0 aromatic rings. The summed E-state index contributed by atoms with van der Waals surface area (Å²) < 4.78 is 12.8. The molecule has 3 heterocycles. The largest absolute Gasteiger partial charge is 0.373 e. The first-order chi connectivity index (χ1) is 12.7. The van der Waals surface area contributed by atoms with Crippen molar-refractivity contribution in [1.29, 1.82) is 0 Å². The van der Waals surface area contributed by atoms with Crippen LogP contribution in [0.15, 0.2) is 24.4 Å². The third-order valence-corrected chi connectivity index (χ3v) is 7.51. The molecule has 0 amide bonds. The Morgan fingerprint density at radius 1 is 1.31 bits per heavy atom. The van der Waals surface area contributed by atoms with Gasteiger partial charge in [-0.05, 0) is 75.6 Å². The Bertz CT molecular complexity index is 591. The zero-order valence-electron chi connectivity index (χ0n) is 16.3. The van der Waals surface area contributed by atoms with Gasteiger partial charge in [0.05, 0.1) is 18.8 Å². The number of allylic oxidation sites excluding steroid dienone is 1. The van der Waals surface area contributed by atoms with Crippen molar-refractivity contribution in [3.05, 3.63) is 24.4 Å². The van der Waals surface area contributed by atoms with E-state index in [1.54, 1.807) is 0 Å². The van der Waals surface area contributed by atoms with Gasteiger partial charge < -0.3 is 19.3 Å². The molecule has 5 aliphatic rings. The Morgan fingerprint density at radius 3 is 3.00 bits per heavy atom. The van der Waals surface area contributed by atoms with E-state index in [0.717, 1.165) is 24.9 Å². The zero-order chi connectivity index (χ0) is 17.8. The van der Waals surface area contributed by atoms with Crippen LogP contribution < -0.4 is 0 Å². The van der Waals surface area contributed by atoms with Gasteiger partial charge in [-0.1, -0.05) is 25.2 Å². The summed E-state index contributed by atoms with van der Waals surface area (Å²) in [6, 6.07) is 0.480. The van der Waals surface area contributed by atoms with Gasteiger partial charge in [0, 0.05) is 6.54 Å². The third-order valence-electron chi connectivity index (χ3n) is 7.51. The van der Waals surface area contributed by atoms with E-state index >= 15 is 0 Å². The number of nitrogens with zero attached hydrogens (tertiary/aromatic N) is 2. The quantitative estimate of drug-likeness (QED) is 0.556. The fraction of sp³-hybridized carbons (Fsp3) is 0.818. The molecule has 0 aromatic heterocycles. The number of rotatable bonds is 5. The average Bonchev–Trinajstić information content (AvgIpc) is 3.31. The minimum atomic E-state index is 0.265. The van der Waals surface area contributed by atoms with Crippen LogP contribution in [-0.4, -0.2) is 61.0 Å². The predicted octanol–water partition coefficient (Wildman–Crippen LogP) is 3.26. The smallest absolute Gasteiger partial charge is 0.153 e. The first-order valence-electron chi connectivity index (χ1n) is 10.7. The fourth-order valence-corrected chi connectivity index (χ4v) is 6.37. The van der Waals surface area contributed by atoms with E-state index in [9.17, 15) is 0 Å². The summed E-state index contributed by atoms with van der Waals surface area (Å²) in [5.41, 5.74) is 1.49. The minimum Gasteiger partial charge on any atom is -0.373 e. The number of hydrogen-bond acceptors (Lipinski definition) is 4. The van der Waals surface area contributed by atoms with E-state index in [-0.39, 0.29) is 12.3 Å². The summed E-state index contributed by atoms with van der Waals surface area (Å²) in [6.07, 6.45) is 11.5. The Balaban J connectivity index is 1.19. The Morgan fingerprint density at radius 2 is 2.19 bits per heavy atom. The first kappa shape index (κ1) is 17.3. The van der Waals surface area contributed by atoms with Gasteiger partial charge in [0.2, 0.25) is 0 Å². The van der Waals surface area contributed by atoms with Crippen molar-refractivity contribution < 1.29 is 9.47 Å². The molecule has 3 aliphatic heterocycles. The van der Waals surface area contributed by atoms with Gasteiger partial charge >= 0.3 is 0 Å². The summed E-state index contributed by atoms with van der Waals surface area (Å²) in [4.78, 5) is 4.84. The van der Waals surface area contributed by atoms with E-state index in [4.69, 9.17) is 9.47 Å². The van der Waals surface area contributed by atoms with Gasteiger partial charge in [-0.25, -0.2) is 0 Å². The fourth-order valence-electron chi connectivity index (χ4n) is 6.37. The second-order valence-electron chi connectivity index (χ2n) is 9.41. The molecule has 144 valence electrons. The molecule has 0 bridgehead atoms. The molecule has 0 aromatic carbocycles. The van der Waals surface area contributed by atoms with Crippen molar-refractivity contribution in [2.24, 2.45) is 23.7 Å². The van der Waals surface area contributed by atoms with Crippen molar-refractivity contribution in [3.8, 4) is 0 Å².